The zero-order valence-electron chi connectivity index (χ0n) is 16.0. The molecule has 0 bridgehead atoms. The maximum Gasteiger partial charge on any atom is 0.337 e. The van der Waals surface area contributed by atoms with Crippen molar-refractivity contribution in [2.24, 2.45) is 5.92 Å². The summed E-state index contributed by atoms with van der Waals surface area (Å²) in [6.45, 7) is 2.96. The molecule has 1 heterocycles. The Morgan fingerprint density at radius 2 is 1.61 bits per heavy atom. The van der Waals surface area contributed by atoms with E-state index >= 15 is 0 Å². The number of ether oxygens (including phenoxy) is 2. The third kappa shape index (κ3) is 4.39. The highest BCUT2D eigenvalue weighted by Crippen LogP contribution is 2.23. The summed E-state index contributed by atoms with van der Waals surface area (Å²) in [5.41, 5.74) is 2.05. The fourth-order valence-electron chi connectivity index (χ4n) is 3.28. The molecule has 0 atom stereocenters. The van der Waals surface area contributed by atoms with Crippen molar-refractivity contribution in [3.05, 3.63) is 65.2 Å². The summed E-state index contributed by atoms with van der Waals surface area (Å²) in [7, 11) is 1.31. The number of methoxy groups -OCH3 is 1. The Balaban J connectivity index is 1.54. The number of benzene rings is 2. The smallest absolute Gasteiger partial charge is 0.337 e. The second kappa shape index (κ2) is 8.69. The molecule has 0 saturated carbocycles. The van der Waals surface area contributed by atoms with Gasteiger partial charge in [-0.25, -0.2) is 4.79 Å². The summed E-state index contributed by atoms with van der Waals surface area (Å²) in [5.74, 6) is -0.613. The lowest BCUT2D eigenvalue weighted by molar-refractivity contribution is -0.140. The normalized spacial score (nSPS) is 14.4. The van der Waals surface area contributed by atoms with Crippen LogP contribution in [0.1, 0.15) is 39.1 Å². The van der Waals surface area contributed by atoms with Crippen LogP contribution in [0, 0.1) is 12.8 Å². The van der Waals surface area contributed by atoms with E-state index in [2.05, 4.69) is 4.74 Å². The molecule has 6 heteroatoms. The van der Waals surface area contributed by atoms with Gasteiger partial charge in [0.1, 0.15) is 5.75 Å². The van der Waals surface area contributed by atoms with Gasteiger partial charge < -0.3 is 14.4 Å². The summed E-state index contributed by atoms with van der Waals surface area (Å²) in [6.07, 6.45) is 1.13. The molecule has 0 N–H and O–H groups in total. The molecule has 1 aliphatic rings. The molecule has 2 aromatic carbocycles. The van der Waals surface area contributed by atoms with Crippen molar-refractivity contribution in [3.63, 3.8) is 0 Å². The lowest BCUT2D eigenvalue weighted by atomic mass is 9.96. The predicted octanol–water partition coefficient (Wildman–Crippen LogP) is 3.24. The van der Waals surface area contributed by atoms with E-state index in [9.17, 15) is 14.4 Å². The van der Waals surface area contributed by atoms with Gasteiger partial charge in [0.15, 0.2) is 0 Å². The average Bonchev–Trinajstić information content (AvgIpc) is 2.73. The first-order chi connectivity index (χ1) is 13.5. The minimum atomic E-state index is -0.441. The second-order valence-electron chi connectivity index (χ2n) is 6.82. The van der Waals surface area contributed by atoms with E-state index in [4.69, 9.17) is 4.74 Å². The largest absolute Gasteiger partial charge is 0.465 e. The van der Waals surface area contributed by atoms with Gasteiger partial charge in [0.05, 0.1) is 18.6 Å². The topological polar surface area (TPSA) is 72.9 Å². The van der Waals surface area contributed by atoms with Crippen LogP contribution >= 0.6 is 0 Å². The van der Waals surface area contributed by atoms with Gasteiger partial charge in [-0.15, -0.1) is 0 Å². The minimum absolute atomic E-state index is 0.00307. The molecule has 1 saturated heterocycles. The quantitative estimate of drug-likeness (QED) is 0.600. The number of amides is 1. The number of hydrogen-bond donors (Lipinski definition) is 0. The number of nitrogens with zero attached hydrogens (tertiary/aromatic N) is 1. The number of carbonyl (C=O) groups excluding carboxylic acids is 3. The van der Waals surface area contributed by atoms with Crippen molar-refractivity contribution in [2.75, 3.05) is 20.2 Å². The van der Waals surface area contributed by atoms with E-state index in [-0.39, 0.29) is 17.8 Å². The Morgan fingerprint density at radius 3 is 2.21 bits per heavy atom. The number of carbonyl (C=O) groups is 3. The first kappa shape index (κ1) is 19.6. The van der Waals surface area contributed by atoms with Crippen LogP contribution in [0.25, 0.3) is 0 Å². The highest BCUT2D eigenvalue weighted by molar-refractivity contribution is 5.95. The van der Waals surface area contributed by atoms with Gasteiger partial charge in [-0.3, -0.25) is 9.59 Å². The second-order valence-corrected chi connectivity index (χ2v) is 6.82. The Bertz CT molecular complexity index is 867. The molecule has 2 aromatic rings. The summed E-state index contributed by atoms with van der Waals surface area (Å²) >= 11 is 0. The van der Waals surface area contributed by atoms with E-state index in [1.807, 2.05) is 31.2 Å². The van der Waals surface area contributed by atoms with Crippen molar-refractivity contribution < 1.29 is 23.9 Å². The Kier molecular flexibility index (Phi) is 6.09. The van der Waals surface area contributed by atoms with E-state index in [1.165, 1.54) is 7.11 Å². The predicted molar refractivity (Wildman–Crippen MR) is 103 cm³/mol. The lowest BCUT2D eigenvalue weighted by Gasteiger charge is -2.31. The first-order valence-corrected chi connectivity index (χ1v) is 9.24. The number of hydrogen-bond acceptors (Lipinski definition) is 5. The molecule has 146 valence electrons. The number of rotatable bonds is 4. The zero-order valence-corrected chi connectivity index (χ0v) is 16.0. The van der Waals surface area contributed by atoms with Crippen LogP contribution in [0.2, 0.25) is 0 Å². The maximum atomic E-state index is 12.7. The number of aryl methyl sites for hydroxylation is 1. The molecule has 0 aliphatic carbocycles. The van der Waals surface area contributed by atoms with Gasteiger partial charge in [0, 0.05) is 18.7 Å². The Morgan fingerprint density at radius 1 is 0.964 bits per heavy atom. The molecular weight excluding hydrogens is 358 g/mol. The summed E-state index contributed by atoms with van der Waals surface area (Å²) < 4.78 is 10.1. The number of likely N-dealkylation sites (tertiary alicyclic amines) is 1. The molecule has 1 fully saturated rings. The van der Waals surface area contributed by atoms with Crippen LogP contribution in [0.15, 0.2) is 48.5 Å². The minimum Gasteiger partial charge on any atom is -0.465 e. The van der Waals surface area contributed by atoms with Crippen molar-refractivity contribution in [3.8, 4) is 5.75 Å². The third-order valence-electron chi connectivity index (χ3n) is 4.98. The summed E-state index contributed by atoms with van der Waals surface area (Å²) in [6, 6.07) is 13.8. The molecule has 1 amide bonds. The summed E-state index contributed by atoms with van der Waals surface area (Å²) in [4.78, 5) is 38.3. The van der Waals surface area contributed by atoms with Gasteiger partial charge in [-0.1, -0.05) is 18.2 Å². The van der Waals surface area contributed by atoms with Crippen molar-refractivity contribution >= 4 is 17.8 Å². The zero-order chi connectivity index (χ0) is 20.1. The van der Waals surface area contributed by atoms with Gasteiger partial charge in [-0.2, -0.15) is 0 Å². The highest BCUT2D eigenvalue weighted by atomic mass is 16.5. The van der Waals surface area contributed by atoms with Gasteiger partial charge in [-0.05, 0) is 55.7 Å². The molecule has 0 spiro atoms. The molecule has 6 nitrogen and oxygen atoms in total. The number of esters is 2. The van der Waals surface area contributed by atoms with E-state index < -0.39 is 5.97 Å². The molecule has 0 radical (unpaired) electrons. The van der Waals surface area contributed by atoms with Gasteiger partial charge in [0.2, 0.25) is 0 Å². The van der Waals surface area contributed by atoms with Gasteiger partial charge >= 0.3 is 11.9 Å². The monoisotopic (exact) mass is 381 g/mol. The molecular formula is C22H23NO5. The highest BCUT2D eigenvalue weighted by Gasteiger charge is 2.29. The van der Waals surface area contributed by atoms with E-state index in [1.54, 1.807) is 29.2 Å². The van der Waals surface area contributed by atoms with Gasteiger partial charge in [0.25, 0.3) is 5.91 Å². The third-order valence-corrected chi connectivity index (χ3v) is 4.98. The standard InChI is InChI=1S/C22H23NO5/c1-15-5-3-4-6-19(15)20(24)23-13-11-17(12-14-23)22(26)28-18-9-7-16(8-10-18)21(25)27-2/h3-10,17H,11-14H2,1-2H3. The van der Waals surface area contributed by atoms with Crippen LogP contribution in [-0.2, 0) is 9.53 Å². The lowest BCUT2D eigenvalue weighted by Crippen LogP contribution is -2.41. The molecule has 0 unspecified atom stereocenters. The average molecular weight is 381 g/mol. The van der Waals surface area contributed by atoms with Crippen molar-refractivity contribution in [1.29, 1.82) is 0 Å². The van der Waals surface area contributed by atoms with Crippen molar-refractivity contribution in [1.82, 2.24) is 4.90 Å². The molecule has 28 heavy (non-hydrogen) atoms. The van der Waals surface area contributed by atoms with Crippen LogP contribution in [0.5, 0.6) is 5.75 Å². The first-order valence-electron chi connectivity index (χ1n) is 9.24. The fraction of sp³-hybridized carbons (Fsp3) is 0.318. The van der Waals surface area contributed by atoms with E-state index in [0.29, 0.717) is 42.8 Å². The molecule has 1 aliphatic heterocycles. The number of piperidine rings is 1. The van der Waals surface area contributed by atoms with Crippen LogP contribution in [0.3, 0.4) is 0 Å². The molecule has 3 rings (SSSR count). The Labute approximate surface area is 164 Å². The van der Waals surface area contributed by atoms with E-state index in [0.717, 1.165) is 5.56 Å². The van der Waals surface area contributed by atoms with Crippen molar-refractivity contribution in [2.45, 2.75) is 19.8 Å². The Hall–Kier alpha value is -3.15. The maximum absolute atomic E-state index is 12.7. The fourth-order valence-corrected chi connectivity index (χ4v) is 3.28. The molecule has 0 aromatic heterocycles. The summed E-state index contributed by atoms with van der Waals surface area (Å²) in [5, 5.41) is 0. The van der Waals surface area contributed by atoms with Crippen LogP contribution < -0.4 is 4.74 Å². The van der Waals surface area contributed by atoms with Crippen LogP contribution in [0.4, 0.5) is 0 Å². The SMILES string of the molecule is COC(=O)c1ccc(OC(=O)C2CCN(C(=O)c3ccccc3C)CC2)cc1. The van der Waals surface area contributed by atoms with Crippen LogP contribution in [-0.4, -0.2) is 42.9 Å².